The smallest absolute Gasteiger partial charge is 0.328 e. The summed E-state index contributed by atoms with van der Waals surface area (Å²) in [5, 5.41) is 13.8. The zero-order chi connectivity index (χ0) is 18.7. The van der Waals surface area contributed by atoms with Crippen LogP contribution < -0.4 is 0 Å². The average Bonchev–Trinajstić information content (AvgIpc) is 3.01. The van der Waals surface area contributed by atoms with E-state index in [-0.39, 0.29) is 11.7 Å². The predicted octanol–water partition coefficient (Wildman–Crippen LogP) is 4.90. The van der Waals surface area contributed by atoms with Gasteiger partial charge in [-0.05, 0) is 48.4 Å². The summed E-state index contributed by atoms with van der Waals surface area (Å²) in [5.41, 5.74) is 3.85. The molecule has 0 radical (unpaired) electrons. The second kappa shape index (κ2) is 7.35. The Labute approximate surface area is 151 Å². The van der Waals surface area contributed by atoms with E-state index >= 15 is 0 Å². The Morgan fingerprint density at radius 3 is 2.35 bits per heavy atom. The molecule has 0 atom stereocenters. The summed E-state index contributed by atoms with van der Waals surface area (Å²) in [5.74, 6) is -1.27. The Bertz CT molecular complexity index is 942. The molecule has 1 aromatic heterocycles. The van der Waals surface area contributed by atoms with Crippen molar-refractivity contribution in [3.63, 3.8) is 0 Å². The lowest BCUT2D eigenvalue weighted by Crippen LogP contribution is -2.00. The van der Waals surface area contributed by atoms with Crippen molar-refractivity contribution in [3.8, 4) is 16.9 Å². The standard InChI is InChI=1S/C21H19FN2O2/c1-14(2)20-18(12-13-19(25)26)21(15-8-10-16(22)11-9-15)24(23-20)17-6-4-3-5-7-17/h3-14H,1-2H3,(H,25,26)/b13-12+. The number of aromatic nitrogens is 2. The summed E-state index contributed by atoms with van der Waals surface area (Å²) in [6, 6.07) is 15.7. The molecule has 0 saturated heterocycles. The maximum Gasteiger partial charge on any atom is 0.328 e. The monoisotopic (exact) mass is 350 g/mol. The number of para-hydroxylation sites is 1. The van der Waals surface area contributed by atoms with E-state index in [9.17, 15) is 9.18 Å². The fraction of sp³-hybridized carbons (Fsp3) is 0.143. The Kier molecular flexibility index (Phi) is 4.98. The van der Waals surface area contributed by atoms with Crippen LogP contribution in [0.2, 0.25) is 0 Å². The van der Waals surface area contributed by atoms with E-state index in [1.165, 1.54) is 12.1 Å². The minimum absolute atomic E-state index is 0.0904. The third-order valence-electron chi connectivity index (χ3n) is 4.01. The molecule has 0 aliphatic rings. The van der Waals surface area contributed by atoms with Crippen LogP contribution in [-0.4, -0.2) is 20.9 Å². The van der Waals surface area contributed by atoms with Gasteiger partial charge in [0.15, 0.2) is 0 Å². The molecule has 3 rings (SSSR count). The van der Waals surface area contributed by atoms with Crippen molar-refractivity contribution < 1.29 is 14.3 Å². The lowest BCUT2D eigenvalue weighted by molar-refractivity contribution is -0.131. The first-order valence-corrected chi connectivity index (χ1v) is 8.32. The van der Waals surface area contributed by atoms with Gasteiger partial charge in [-0.15, -0.1) is 0 Å². The molecule has 2 aromatic carbocycles. The van der Waals surface area contributed by atoms with E-state index in [0.717, 1.165) is 34.3 Å². The van der Waals surface area contributed by atoms with Crippen LogP contribution in [0.15, 0.2) is 60.7 Å². The summed E-state index contributed by atoms with van der Waals surface area (Å²) >= 11 is 0. The zero-order valence-corrected chi connectivity index (χ0v) is 14.6. The van der Waals surface area contributed by atoms with E-state index < -0.39 is 5.97 Å². The Morgan fingerprint density at radius 1 is 1.12 bits per heavy atom. The second-order valence-electron chi connectivity index (χ2n) is 6.23. The van der Waals surface area contributed by atoms with E-state index in [4.69, 9.17) is 10.2 Å². The first-order valence-electron chi connectivity index (χ1n) is 8.32. The van der Waals surface area contributed by atoms with Crippen molar-refractivity contribution in [2.24, 2.45) is 0 Å². The minimum atomic E-state index is -1.03. The predicted molar refractivity (Wildman–Crippen MR) is 99.7 cm³/mol. The van der Waals surface area contributed by atoms with Gasteiger partial charge in [-0.25, -0.2) is 13.9 Å². The van der Waals surface area contributed by atoms with Crippen LogP contribution in [0.4, 0.5) is 4.39 Å². The van der Waals surface area contributed by atoms with Crippen molar-refractivity contribution in [2.45, 2.75) is 19.8 Å². The fourth-order valence-corrected chi connectivity index (χ4v) is 2.83. The lowest BCUT2D eigenvalue weighted by atomic mass is 9.99. The number of rotatable bonds is 5. The number of carbonyl (C=O) groups is 1. The normalized spacial score (nSPS) is 11.4. The van der Waals surface area contributed by atoms with E-state index in [1.54, 1.807) is 22.9 Å². The molecule has 0 spiro atoms. The van der Waals surface area contributed by atoms with Crippen molar-refractivity contribution in [3.05, 3.63) is 77.7 Å². The highest BCUT2D eigenvalue weighted by molar-refractivity contribution is 5.88. The van der Waals surface area contributed by atoms with Crippen molar-refractivity contribution in [2.75, 3.05) is 0 Å². The minimum Gasteiger partial charge on any atom is -0.478 e. The molecule has 3 aromatic rings. The maximum atomic E-state index is 13.4. The highest BCUT2D eigenvalue weighted by atomic mass is 19.1. The molecule has 5 heteroatoms. The summed E-state index contributed by atoms with van der Waals surface area (Å²) < 4.78 is 15.2. The molecule has 26 heavy (non-hydrogen) atoms. The largest absolute Gasteiger partial charge is 0.478 e. The summed E-state index contributed by atoms with van der Waals surface area (Å²) in [6.07, 6.45) is 2.66. The summed E-state index contributed by atoms with van der Waals surface area (Å²) in [7, 11) is 0. The Hall–Kier alpha value is -3.21. The van der Waals surface area contributed by atoms with Crippen LogP contribution in [0.25, 0.3) is 23.0 Å². The number of nitrogens with zero attached hydrogens (tertiary/aromatic N) is 2. The van der Waals surface area contributed by atoms with Crippen molar-refractivity contribution in [1.29, 1.82) is 0 Å². The lowest BCUT2D eigenvalue weighted by Gasteiger charge is -2.09. The van der Waals surface area contributed by atoms with Gasteiger partial charge in [0.1, 0.15) is 5.82 Å². The molecule has 0 fully saturated rings. The van der Waals surface area contributed by atoms with Gasteiger partial charge in [-0.1, -0.05) is 32.0 Å². The molecule has 0 amide bonds. The number of carboxylic acids is 1. The molecule has 132 valence electrons. The summed E-state index contributed by atoms with van der Waals surface area (Å²) in [6.45, 7) is 4.01. The van der Waals surface area contributed by atoms with E-state index in [1.807, 2.05) is 44.2 Å². The quantitative estimate of drug-likeness (QED) is 0.666. The molecule has 0 bridgehead atoms. The first-order chi connectivity index (χ1) is 12.5. The average molecular weight is 350 g/mol. The van der Waals surface area contributed by atoms with Gasteiger partial charge in [0.2, 0.25) is 0 Å². The first kappa shape index (κ1) is 17.6. The highest BCUT2D eigenvalue weighted by Gasteiger charge is 2.20. The number of halogens is 1. The Balaban J connectivity index is 2.32. The zero-order valence-electron chi connectivity index (χ0n) is 14.6. The molecule has 0 aliphatic heterocycles. The van der Waals surface area contributed by atoms with Crippen LogP contribution in [0.1, 0.15) is 31.0 Å². The SMILES string of the molecule is CC(C)c1nn(-c2ccccc2)c(-c2ccc(F)cc2)c1/C=C/C(=O)O. The maximum absolute atomic E-state index is 13.4. The fourth-order valence-electron chi connectivity index (χ4n) is 2.83. The van der Waals surface area contributed by atoms with Gasteiger partial charge >= 0.3 is 5.97 Å². The van der Waals surface area contributed by atoms with Gasteiger partial charge in [0, 0.05) is 17.2 Å². The highest BCUT2D eigenvalue weighted by Crippen LogP contribution is 2.33. The second-order valence-corrected chi connectivity index (χ2v) is 6.23. The van der Waals surface area contributed by atoms with Gasteiger partial charge in [-0.3, -0.25) is 0 Å². The van der Waals surface area contributed by atoms with Crippen LogP contribution in [0.3, 0.4) is 0 Å². The third kappa shape index (κ3) is 3.57. The molecule has 0 aliphatic carbocycles. The van der Waals surface area contributed by atoms with Gasteiger partial charge in [0.05, 0.1) is 17.1 Å². The number of aliphatic carboxylic acids is 1. The number of hydrogen-bond donors (Lipinski definition) is 1. The van der Waals surface area contributed by atoms with Crippen LogP contribution in [-0.2, 0) is 4.79 Å². The van der Waals surface area contributed by atoms with Crippen molar-refractivity contribution >= 4 is 12.0 Å². The molecular weight excluding hydrogens is 331 g/mol. The molecule has 0 saturated carbocycles. The van der Waals surface area contributed by atoms with Gasteiger partial charge in [-0.2, -0.15) is 5.10 Å². The van der Waals surface area contributed by atoms with Gasteiger partial charge < -0.3 is 5.11 Å². The van der Waals surface area contributed by atoms with Crippen LogP contribution in [0, 0.1) is 5.82 Å². The molecule has 1 N–H and O–H groups in total. The van der Waals surface area contributed by atoms with E-state index in [2.05, 4.69) is 0 Å². The van der Waals surface area contributed by atoms with E-state index in [0.29, 0.717) is 0 Å². The van der Waals surface area contributed by atoms with Crippen LogP contribution in [0.5, 0.6) is 0 Å². The van der Waals surface area contributed by atoms with Crippen LogP contribution >= 0.6 is 0 Å². The number of carboxylic acid groups (broad SMARTS) is 1. The number of benzene rings is 2. The molecule has 0 unspecified atom stereocenters. The van der Waals surface area contributed by atoms with Gasteiger partial charge in [0.25, 0.3) is 0 Å². The number of hydrogen-bond acceptors (Lipinski definition) is 2. The molecule has 1 heterocycles. The van der Waals surface area contributed by atoms with Crippen molar-refractivity contribution in [1.82, 2.24) is 9.78 Å². The third-order valence-corrected chi connectivity index (χ3v) is 4.01. The molecule has 4 nitrogen and oxygen atoms in total. The topological polar surface area (TPSA) is 55.1 Å². The summed E-state index contributed by atoms with van der Waals surface area (Å²) in [4.78, 5) is 11.1. The molecular formula is C21H19FN2O2. The Morgan fingerprint density at radius 2 is 1.77 bits per heavy atom.